The molecule has 12 nitrogen and oxygen atoms in total. The van der Waals surface area contributed by atoms with Gasteiger partial charge in [-0.25, -0.2) is 4.39 Å². The lowest BCUT2D eigenvalue weighted by Crippen LogP contribution is -2.65. The van der Waals surface area contributed by atoms with E-state index >= 15 is 4.39 Å². The van der Waals surface area contributed by atoms with Gasteiger partial charge in [0.25, 0.3) is 0 Å². The van der Waals surface area contributed by atoms with E-state index in [1.165, 1.54) is 7.05 Å². The average molecular weight is 892 g/mol. The van der Waals surface area contributed by atoms with Crippen LogP contribution in [0.1, 0.15) is 47.6 Å². The first-order valence-corrected chi connectivity index (χ1v) is 22.1. The molecule has 0 aliphatic carbocycles. The Labute approximate surface area is 380 Å². The molecule has 13 heteroatoms. The van der Waals surface area contributed by atoms with Crippen LogP contribution < -0.4 is 5.32 Å². The molecule has 5 aromatic rings. The van der Waals surface area contributed by atoms with Crippen molar-refractivity contribution in [1.29, 1.82) is 0 Å². The van der Waals surface area contributed by atoms with E-state index in [2.05, 4.69) is 5.32 Å². The van der Waals surface area contributed by atoms with Crippen LogP contribution in [0.4, 0.5) is 4.39 Å². The summed E-state index contributed by atoms with van der Waals surface area (Å²) in [5, 5.41) is 2.54. The van der Waals surface area contributed by atoms with Gasteiger partial charge in [-0.05, 0) is 34.7 Å². The number of carbonyl (C=O) groups is 2. The van der Waals surface area contributed by atoms with Crippen LogP contribution in [0, 0.1) is 0 Å². The maximum atomic E-state index is 16.9. The van der Waals surface area contributed by atoms with Crippen molar-refractivity contribution in [3.8, 4) is 0 Å². The van der Waals surface area contributed by atoms with Crippen molar-refractivity contribution in [2.75, 3.05) is 13.7 Å². The number of benzene rings is 5. The smallest absolute Gasteiger partial charge is 0.306 e. The van der Waals surface area contributed by atoms with Crippen LogP contribution in [-0.4, -0.2) is 87.0 Å². The van der Waals surface area contributed by atoms with Gasteiger partial charge in [0.15, 0.2) is 12.4 Å². The molecule has 1 N–H and O–H groups in total. The molecule has 0 spiro atoms. The van der Waals surface area contributed by atoms with E-state index in [4.69, 9.17) is 42.6 Å². The highest BCUT2D eigenvalue weighted by molar-refractivity contribution is 5.81. The minimum absolute atomic E-state index is 0.0349. The maximum absolute atomic E-state index is 16.9. The molecule has 0 saturated carbocycles. The molecule has 10 atom stereocenters. The number of ether oxygens (including phenoxy) is 9. The van der Waals surface area contributed by atoms with E-state index in [-0.39, 0.29) is 58.4 Å². The summed E-state index contributed by atoms with van der Waals surface area (Å²) >= 11 is 0. The van der Waals surface area contributed by atoms with Crippen molar-refractivity contribution in [3.63, 3.8) is 0 Å². The number of esters is 1. The Hall–Kier alpha value is -5.35. The van der Waals surface area contributed by atoms with Crippen LogP contribution in [0.2, 0.25) is 0 Å². The molecule has 2 saturated heterocycles. The number of hydrogen-bond acceptors (Lipinski definition) is 11. The van der Waals surface area contributed by atoms with E-state index in [0.717, 1.165) is 27.8 Å². The zero-order valence-electron chi connectivity index (χ0n) is 36.7. The van der Waals surface area contributed by atoms with Crippen molar-refractivity contribution in [3.05, 3.63) is 179 Å². The lowest BCUT2D eigenvalue weighted by Gasteiger charge is -2.49. The molecule has 344 valence electrons. The summed E-state index contributed by atoms with van der Waals surface area (Å²) in [6, 6.07) is 47.8. The van der Waals surface area contributed by atoms with Gasteiger partial charge in [-0.1, -0.05) is 152 Å². The number of rotatable bonds is 22. The number of hydrogen-bond donors (Lipinski definition) is 1. The standard InChI is InChI=1S/C52H58FNO11/c1-36-45(64-44(56)29-28-43(55)54-2)47(59-32-39-22-12-5-13-23-39)50(61-34-41-26-16-7-17-27-41)52(62-36)65-48-46(58-31-38-20-10-4-11-21-38)42(35-57-30-37-18-8-3-9-19-37)63-51(53)49(48)60-33-40-24-14-6-15-25-40/h3-27,36,42,45-52H,28-35H2,1-2H3,(H,54,55)/t36?,42?,45-,46+,47+,48+,49+,50?,51?,52?/m1/s1. The zero-order valence-corrected chi connectivity index (χ0v) is 36.7. The van der Waals surface area contributed by atoms with Crippen molar-refractivity contribution in [2.24, 2.45) is 0 Å². The Balaban J connectivity index is 1.24. The zero-order chi connectivity index (χ0) is 45.2. The van der Waals surface area contributed by atoms with E-state index in [9.17, 15) is 9.59 Å². The van der Waals surface area contributed by atoms with Gasteiger partial charge in [0.2, 0.25) is 12.3 Å². The van der Waals surface area contributed by atoms with Crippen LogP contribution in [0.25, 0.3) is 0 Å². The van der Waals surface area contributed by atoms with Gasteiger partial charge in [-0.2, -0.15) is 0 Å². The average Bonchev–Trinajstić information content (AvgIpc) is 3.34. The second kappa shape index (κ2) is 24.8. The first kappa shape index (κ1) is 47.6. The third kappa shape index (κ3) is 14.1. The van der Waals surface area contributed by atoms with Crippen molar-refractivity contribution in [2.45, 2.75) is 114 Å². The van der Waals surface area contributed by atoms with E-state index in [1.54, 1.807) is 6.92 Å². The Kier molecular flexibility index (Phi) is 18.2. The Morgan fingerprint density at radius 3 is 1.43 bits per heavy atom. The predicted molar refractivity (Wildman–Crippen MR) is 238 cm³/mol. The molecule has 2 fully saturated rings. The number of halogens is 1. The fourth-order valence-electron chi connectivity index (χ4n) is 7.78. The minimum Gasteiger partial charge on any atom is -0.457 e. The quantitative estimate of drug-likeness (QED) is 0.0684. The third-order valence-corrected chi connectivity index (χ3v) is 11.2. The molecule has 1 amide bonds. The van der Waals surface area contributed by atoms with Crippen LogP contribution in [0.5, 0.6) is 0 Å². The Morgan fingerprint density at radius 1 is 0.523 bits per heavy atom. The molecule has 0 bridgehead atoms. The van der Waals surface area contributed by atoms with Gasteiger partial charge in [-0.15, -0.1) is 0 Å². The molecular formula is C52H58FNO11. The summed E-state index contributed by atoms with van der Waals surface area (Å²) in [5.74, 6) is -0.917. The van der Waals surface area contributed by atoms with E-state index < -0.39 is 67.4 Å². The monoisotopic (exact) mass is 891 g/mol. The van der Waals surface area contributed by atoms with Gasteiger partial charge >= 0.3 is 5.97 Å². The Bertz CT molecular complexity index is 2140. The summed E-state index contributed by atoms with van der Waals surface area (Å²) in [5.41, 5.74) is 4.34. The lowest BCUT2D eigenvalue weighted by atomic mass is 9.96. The largest absolute Gasteiger partial charge is 0.457 e. The molecular weight excluding hydrogens is 834 g/mol. The summed E-state index contributed by atoms with van der Waals surface area (Å²) in [6.45, 7) is 2.37. The molecule has 5 aromatic carbocycles. The highest BCUT2D eigenvalue weighted by Gasteiger charge is 2.54. The van der Waals surface area contributed by atoms with Gasteiger partial charge < -0.3 is 47.9 Å². The third-order valence-electron chi connectivity index (χ3n) is 11.2. The highest BCUT2D eigenvalue weighted by atomic mass is 19.1. The molecule has 2 heterocycles. The first-order valence-electron chi connectivity index (χ1n) is 22.1. The first-order chi connectivity index (χ1) is 31.8. The van der Waals surface area contributed by atoms with E-state index in [1.807, 2.05) is 152 Å². The second-order valence-electron chi connectivity index (χ2n) is 16.0. The molecule has 5 unspecified atom stereocenters. The number of nitrogens with one attached hydrogen (secondary N) is 1. The van der Waals surface area contributed by atoms with Gasteiger partial charge in [-0.3, -0.25) is 9.59 Å². The second-order valence-corrected chi connectivity index (χ2v) is 16.0. The predicted octanol–water partition coefficient (Wildman–Crippen LogP) is 7.81. The Morgan fingerprint density at radius 2 is 0.954 bits per heavy atom. The molecule has 65 heavy (non-hydrogen) atoms. The highest BCUT2D eigenvalue weighted by Crippen LogP contribution is 2.36. The van der Waals surface area contributed by atoms with Gasteiger partial charge in [0, 0.05) is 13.5 Å². The summed E-state index contributed by atoms with van der Waals surface area (Å²) in [7, 11) is 1.51. The molecule has 7 rings (SSSR count). The number of amides is 1. The number of carbonyl (C=O) groups excluding carboxylic acids is 2. The van der Waals surface area contributed by atoms with Crippen molar-refractivity contribution >= 4 is 11.9 Å². The SMILES string of the molecule is CNC(=O)CCC(=O)O[C@@H]1C(C)OC(O[C@@H]2[C@H](OCc3ccccc3)C(F)OC(COCc3ccccc3)[C@@H]2OCc2ccccc2)C(OCc2ccccc2)[C@H]1OCc1ccccc1. The molecule has 0 radical (unpaired) electrons. The van der Waals surface area contributed by atoms with Gasteiger partial charge in [0.05, 0.1) is 52.2 Å². The van der Waals surface area contributed by atoms with Crippen molar-refractivity contribution < 1.29 is 56.6 Å². The van der Waals surface area contributed by atoms with Crippen molar-refractivity contribution in [1.82, 2.24) is 5.32 Å². The lowest BCUT2D eigenvalue weighted by molar-refractivity contribution is -0.363. The topological polar surface area (TPSA) is 129 Å². The molecule has 2 aliphatic rings. The summed E-state index contributed by atoms with van der Waals surface area (Å²) in [6.07, 6.45) is -11.7. The fourth-order valence-corrected chi connectivity index (χ4v) is 7.78. The van der Waals surface area contributed by atoms with Crippen LogP contribution in [0.3, 0.4) is 0 Å². The number of alkyl halides is 1. The molecule has 2 aliphatic heterocycles. The van der Waals surface area contributed by atoms with Crippen LogP contribution in [-0.2, 0) is 85.3 Å². The minimum atomic E-state index is -1.98. The molecule has 0 aromatic heterocycles. The fraction of sp³-hybridized carbons (Fsp3) is 0.385. The summed E-state index contributed by atoms with van der Waals surface area (Å²) in [4.78, 5) is 25.5. The normalized spacial score (nSPS) is 25.4. The maximum Gasteiger partial charge on any atom is 0.306 e. The van der Waals surface area contributed by atoms with Crippen LogP contribution in [0.15, 0.2) is 152 Å². The summed E-state index contributed by atoms with van der Waals surface area (Å²) < 4.78 is 75.6. The van der Waals surface area contributed by atoms with Gasteiger partial charge in [0.1, 0.15) is 36.6 Å². The van der Waals surface area contributed by atoms with Crippen LogP contribution >= 0.6 is 0 Å². The van der Waals surface area contributed by atoms with E-state index in [0.29, 0.717) is 0 Å².